The highest BCUT2D eigenvalue weighted by atomic mass is 35.5. The number of carbonyl (C=O) groups excluding carboxylic acids is 1. The molecule has 0 spiro atoms. The van der Waals surface area contributed by atoms with Gasteiger partial charge in [-0.15, -0.1) is 0 Å². The highest BCUT2D eigenvalue weighted by Crippen LogP contribution is 2.24. The minimum atomic E-state index is -3.45. The molecule has 0 atom stereocenters. The maximum Gasteiger partial charge on any atom is 0.243 e. The van der Waals surface area contributed by atoms with Gasteiger partial charge in [-0.05, 0) is 55.2 Å². The minimum absolute atomic E-state index is 0.163. The molecule has 0 bridgehead atoms. The fourth-order valence-electron chi connectivity index (χ4n) is 3.16. The van der Waals surface area contributed by atoms with Gasteiger partial charge >= 0.3 is 0 Å². The smallest absolute Gasteiger partial charge is 0.243 e. The van der Waals surface area contributed by atoms with Crippen molar-refractivity contribution in [3.8, 4) is 0 Å². The summed E-state index contributed by atoms with van der Waals surface area (Å²) in [5, 5.41) is 3.44. The largest absolute Gasteiger partial charge is 0.326 e. The Hall–Kier alpha value is -1.89. The van der Waals surface area contributed by atoms with Crippen LogP contribution in [0.2, 0.25) is 5.02 Å². The third-order valence-electron chi connectivity index (χ3n) is 4.78. The average molecular weight is 407 g/mol. The Bertz CT molecular complexity index is 921. The van der Waals surface area contributed by atoms with Crippen LogP contribution in [-0.4, -0.2) is 31.7 Å². The van der Waals surface area contributed by atoms with E-state index in [0.717, 1.165) is 30.4 Å². The van der Waals surface area contributed by atoms with Crippen molar-refractivity contribution in [1.82, 2.24) is 4.31 Å². The van der Waals surface area contributed by atoms with Crippen molar-refractivity contribution in [2.24, 2.45) is 0 Å². The number of benzene rings is 2. The molecule has 27 heavy (non-hydrogen) atoms. The molecule has 0 unspecified atom stereocenters. The molecule has 0 saturated carbocycles. The summed E-state index contributed by atoms with van der Waals surface area (Å²) in [6.07, 6.45) is 3.04. The van der Waals surface area contributed by atoms with Crippen molar-refractivity contribution in [3.63, 3.8) is 0 Å². The summed E-state index contributed by atoms with van der Waals surface area (Å²) in [5.41, 5.74) is 2.25. The van der Waals surface area contributed by atoms with E-state index in [0.29, 0.717) is 23.8 Å². The second-order valence-electron chi connectivity index (χ2n) is 6.75. The van der Waals surface area contributed by atoms with Crippen LogP contribution in [0.4, 0.5) is 5.69 Å². The van der Waals surface area contributed by atoms with E-state index in [-0.39, 0.29) is 17.2 Å². The van der Waals surface area contributed by atoms with E-state index in [2.05, 4.69) is 5.32 Å². The van der Waals surface area contributed by atoms with Crippen LogP contribution in [0.15, 0.2) is 47.4 Å². The van der Waals surface area contributed by atoms with Crippen LogP contribution in [0.25, 0.3) is 0 Å². The zero-order valence-corrected chi connectivity index (χ0v) is 16.8. The standard InChI is InChI=1S/C20H23ClN2O3S/c1-15-18(21)6-5-7-19(15)22-20(24)14-16-8-10-17(11-9-16)27(25,26)23-12-3-2-4-13-23/h5-11H,2-4,12-14H2,1H3,(H,22,24). The van der Waals surface area contributed by atoms with Crippen LogP contribution in [0.5, 0.6) is 0 Å². The zero-order chi connectivity index (χ0) is 19.4. The van der Waals surface area contributed by atoms with Crippen molar-refractivity contribution in [2.45, 2.75) is 37.5 Å². The molecule has 0 radical (unpaired) electrons. The number of carbonyl (C=O) groups is 1. The van der Waals surface area contributed by atoms with Gasteiger partial charge in [-0.25, -0.2) is 8.42 Å². The lowest BCUT2D eigenvalue weighted by molar-refractivity contribution is -0.115. The first kappa shape index (κ1) is 19.9. The first-order chi connectivity index (χ1) is 12.9. The van der Waals surface area contributed by atoms with E-state index in [4.69, 9.17) is 11.6 Å². The summed E-state index contributed by atoms with van der Waals surface area (Å²) >= 11 is 6.07. The normalized spacial score (nSPS) is 15.5. The number of sulfonamides is 1. The molecule has 0 aromatic heterocycles. The Labute approximate surface area is 165 Å². The van der Waals surface area contributed by atoms with E-state index in [1.807, 2.05) is 6.92 Å². The molecule has 1 amide bonds. The number of hydrogen-bond donors (Lipinski definition) is 1. The van der Waals surface area contributed by atoms with Crippen molar-refractivity contribution < 1.29 is 13.2 Å². The molecule has 1 aliphatic heterocycles. The second kappa shape index (κ2) is 8.42. The van der Waals surface area contributed by atoms with E-state index in [1.165, 1.54) is 0 Å². The monoisotopic (exact) mass is 406 g/mol. The SMILES string of the molecule is Cc1c(Cl)cccc1NC(=O)Cc1ccc(S(=O)(=O)N2CCCCC2)cc1. The Morgan fingerprint density at radius 1 is 1.07 bits per heavy atom. The van der Waals surface area contributed by atoms with Gasteiger partial charge in [0, 0.05) is 23.8 Å². The third kappa shape index (κ3) is 4.69. The van der Waals surface area contributed by atoms with Crippen LogP contribution >= 0.6 is 11.6 Å². The maximum absolute atomic E-state index is 12.7. The number of nitrogens with zero attached hydrogens (tertiary/aromatic N) is 1. The zero-order valence-electron chi connectivity index (χ0n) is 15.2. The first-order valence-corrected chi connectivity index (χ1v) is 10.8. The molecule has 1 heterocycles. The number of amides is 1. The molecule has 3 rings (SSSR count). The van der Waals surface area contributed by atoms with Gasteiger partial charge in [0.15, 0.2) is 0 Å². The number of hydrogen-bond acceptors (Lipinski definition) is 3. The molecule has 1 aliphatic rings. The summed E-state index contributed by atoms with van der Waals surface area (Å²) in [6, 6.07) is 11.9. The summed E-state index contributed by atoms with van der Waals surface area (Å²) in [4.78, 5) is 12.6. The van der Waals surface area contributed by atoms with Crippen LogP contribution in [-0.2, 0) is 21.2 Å². The third-order valence-corrected chi connectivity index (χ3v) is 7.10. The predicted octanol–water partition coefficient (Wildman–Crippen LogP) is 4.00. The molecule has 5 nitrogen and oxygen atoms in total. The molecular formula is C20H23ClN2O3S. The molecule has 2 aromatic rings. The predicted molar refractivity (Wildman–Crippen MR) is 108 cm³/mol. The topological polar surface area (TPSA) is 66.5 Å². The molecule has 144 valence electrons. The van der Waals surface area contributed by atoms with Gasteiger partial charge < -0.3 is 5.32 Å². The van der Waals surface area contributed by atoms with Gasteiger partial charge in [-0.3, -0.25) is 4.79 Å². The highest BCUT2D eigenvalue weighted by molar-refractivity contribution is 7.89. The summed E-state index contributed by atoms with van der Waals surface area (Å²) in [7, 11) is -3.45. The fourth-order valence-corrected chi connectivity index (χ4v) is 4.85. The van der Waals surface area contributed by atoms with E-state index in [1.54, 1.807) is 46.8 Å². The minimum Gasteiger partial charge on any atom is -0.326 e. The average Bonchev–Trinajstić information content (AvgIpc) is 2.66. The number of nitrogens with one attached hydrogen (secondary N) is 1. The fraction of sp³-hybridized carbons (Fsp3) is 0.350. The lowest BCUT2D eigenvalue weighted by Crippen LogP contribution is -2.35. The number of anilines is 1. The number of rotatable bonds is 5. The molecule has 1 N–H and O–H groups in total. The Balaban J connectivity index is 1.66. The molecule has 0 aliphatic carbocycles. The quantitative estimate of drug-likeness (QED) is 0.815. The molecule has 1 saturated heterocycles. The van der Waals surface area contributed by atoms with Gasteiger partial charge in [0.2, 0.25) is 15.9 Å². The summed E-state index contributed by atoms with van der Waals surface area (Å²) in [5.74, 6) is -0.174. The van der Waals surface area contributed by atoms with Gasteiger partial charge in [-0.1, -0.05) is 36.2 Å². The Morgan fingerprint density at radius 2 is 1.74 bits per heavy atom. The Morgan fingerprint density at radius 3 is 2.41 bits per heavy atom. The van der Waals surface area contributed by atoms with Crippen LogP contribution in [0, 0.1) is 6.92 Å². The van der Waals surface area contributed by atoms with Gasteiger partial charge in [-0.2, -0.15) is 4.31 Å². The summed E-state index contributed by atoms with van der Waals surface area (Å²) in [6.45, 7) is 3.00. The lowest BCUT2D eigenvalue weighted by Gasteiger charge is -2.25. The first-order valence-electron chi connectivity index (χ1n) is 9.02. The van der Waals surface area contributed by atoms with E-state index in [9.17, 15) is 13.2 Å². The van der Waals surface area contributed by atoms with Crippen molar-refractivity contribution in [2.75, 3.05) is 18.4 Å². The molecule has 7 heteroatoms. The summed E-state index contributed by atoms with van der Waals surface area (Å²) < 4.78 is 26.9. The maximum atomic E-state index is 12.7. The van der Waals surface area contributed by atoms with Crippen LogP contribution in [0.1, 0.15) is 30.4 Å². The Kier molecular flexibility index (Phi) is 6.19. The highest BCUT2D eigenvalue weighted by Gasteiger charge is 2.25. The van der Waals surface area contributed by atoms with Gasteiger partial charge in [0.05, 0.1) is 11.3 Å². The van der Waals surface area contributed by atoms with E-state index < -0.39 is 10.0 Å². The molecule has 2 aromatic carbocycles. The van der Waals surface area contributed by atoms with Crippen molar-refractivity contribution in [1.29, 1.82) is 0 Å². The number of halogens is 1. The van der Waals surface area contributed by atoms with E-state index >= 15 is 0 Å². The lowest BCUT2D eigenvalue weighted by atomic mass is 10.1. The molecule has 1 fully saturated rings. The van der Waals surface area contributed by atoms with Crippen LogP contribution in [0.3, 0.4) is 0 Å². The van der Waals surface area contributed by atoms with Gasteiger partial charge in [0.25, 0.3) is 0 Å². The molecular weight excluding hydrogens is 384 g/mol. The number of piperidine rings is 1. The van der Waals surface area contributed by atoms with Crippen molar-refractivity contribution in [3.05, 3.63) is 58.6 Å². The van der Waals surface area contributed by atoms with Crippen LogP contribution < -0.4 is 5.32 Å². The van der Waals surface area contributed by atoms with Gasteiger partial charge in [0.1, 0.15) is 0 Å². The second-order valence-corrected chi connectivity index (χ2v) is 9.09. The van der Waals surface area contributed by atoms with Crippen molar-refractivity contribution >= 4 is 33.2 Å².